The lowest BCUT2D eigenvalue weighted by atomic mass is 10.2. The molecule has 2 aromatic rings. The van der Waals surface area contributed by atoms with Gasteiger partial charge in [-0.3, -0.25) is 0 Å². The Morgan fingerprint density at radius 2 is 1.72 bits per heavy atom. The molecule has 6 N–H and O–H groups in total. The molecule has 0 aromatic heterocycles. The lowest BCUT2D eigenvalue weighted by molar-refractivity contribution is 0.471. The van der Waals surface area contributed by atoms with Crippen molar-refractivity contribution < 1.29 is 10.2 Å². The maximum atomic E-state index is 9.18. The Balaban J connectivity index is 0.000000184. The van der Waals surface area contributed by atoms with Crippen molar-refractivity contribution in [1.29, 1.82) is 0 Å². The molecule has 0 saturated carbocycles. The number of nitrogen functional groups attached to an aromatic ring is 2. The zero-order chi connectivity index (χ0) is 13.7. The first-order valence-electron chi connectivity index (χ1n) is 5.20. The number of anilines is 2. The maximum absolute atomic E-state index is 9.18. The SMILES string of the molecule is Cc1ccc(N)c(Cl)c1O.Nc1cccc(O)c1. The summed E-state index contributed by atoms with van der Waals surface area (Å²) in [6, 6.07) is 9.88. The molecule has 4 nitrogen and oxygen atoms in total. The Hall–Kier alpha value is -2.07. The van der Waals surface area contributed by atoms with E-state index in [0.717, 1.165) is 5.56 Å². The van der Waals surface area contributed by atoms with Crippen LogP contribution in [0.25, 0.3) is 0 Å². The number of benzene rings is 2. The van der Waals surface area contributed by atoms with Gasteiger partial charge in [0.1, 0.15) is 16.5 Å². The number of phenols is 2. The average Bonchev–Trinajstić information content (AvgIpc) is 2.32. The molecule has 0 heterocycles. The van der Waals surface area contributed by atoms with Gasteiger partial charge in [0.15, 0.2) is 0 Å². The first-order chi connectivity index (χ1) is 8.41. The summed E-state index contributed by atoms with van der Waals surface area (Å²) in [6.45, 7) is 1.76. The molecule has 0 saturated heterocycles. The van der Waals surface area contributed by atoms with E-state index >= 15 is 0 Å². The zero-order valence-electron chi connectivity index (χ0n) is 9.89. The zero-order valence-corrected chi connectivity index (χ0v) is 10.6. The first-order valence-corrected chi connectivity index (χ1v) is 5.57. The predicted molar refractivity (Wildman–Crippen MR) is 74.8 cm³/mol. The largest absolute Gasteiger partial charge is 0.508 e. The van der Waals surface area contributed by atoms with E-state index in [4.69, 9.17) is 28.2 Å². The Morgan fingerprint density at radius 3 is 2.17 bits per heavy atom. The molecule has 0 spiro atoms. The number of aromatic hydroxyl groups is 2. The molecular formula is C13H15ClN2O2. The number of halogens is 1. The van der Waals surface area contributed by atoms with E-state index in [1.165, 1.54) is 6.07 Å². The van der Waals surface area contributed by atoms with Crippen LogP contribution in [-0.2, 0) is 0 Å². The van der Waals surface area contributed by atoms with Gasteiger partial charge < -0.3 is 21.7 Å². The van der Waals surface area contributed by atoms with Gasteiger partial charge in [0, 0.05) is 11.8 Å². The van der Waals surface area contributed by atoms with Crippen LogP contribution in [0.4, 0.5) is 11.4 Å². The molecule has 0 atom stereocenters. The highest BCUT2D eigenvalue weighted by Gasteiger charge is 2.03. The van der Waals surface area contributed by atoms with Crippen LogP contribution >= 0.6 is 11.6 Å². The second-order valence-electron chi connectivity index (χ2n) is 3.73. The topological polar surface area (TPSA) is 92.5 Å². The standard InChI is InChI=1S/C7H8ClNO.C6H7NO/c1-4-2-3-5(9)6(8)7(4)10;7-5-2-1-3-6(8)4-5/h2-3,10H,9H2,1H3;1-4,8H,7H2. The van der Waals surface area contributed by atoms with Gasteiger partial charge in [-0.2, -0.15) is 0 Å². The van der Waals surface area contributed by atoms with Crippen molar-refractivity contribution in [2.45, 2.75) is 6.92 Å². The van der Waals surface area contributed by atoms with Crippen LogP contribution in [0.2, 0.25) is 5.02 Å². The maximum Gasteiger partial charge on any atom is 0.139 e. The normalized spacial score (nSPS) is 9.44. The van der Waals surface area contributed by atoms with E-state index < -0.39 is 0 Å². The lowest BCUT2D eigenvalue weighted by Crippen LogP contribution is -1.86. The molecule has 0 bridgehead atoms. The second-order valence-corrected chi connectivity index (χ2v) is 4.11. The van der Waals surface area contributed by atoms with Crippen LogP contribution in [0.5, 0.6) is 11.5 Å². The molecule has 2 aromatic carbocycles. The highest BCUT2D eigenvalue weighted by molar-refractivity contribution is 6.34. The van der Waals surface area contributed by atoms with E-state index in [-0.39, 0.29) is 16.5 Å². The molecule has 0 fully saturated rings. The molecule has 0 aliphatic carbocycles. The predicted octanol–water partition coefficient (Wildman–Crippen LogP) is 2.91. The van der Waals surface area contributed by atoms with Crippen molar-refractivity contribution in [3.8, 4) is 11.5 Å². The minimum absolute atomic E-state index is 0.0710. The van der Waals surface area contributed by atoms with Crippen LogP contribution in [0, 0.1) is 6.92 Å². The molecule has 5 heteroatoms. The first kappa shape index (κ1) is 14.0. The van der Waals surface area contributed by atoms with E-state index in [2.05, 4.69) is 0 Å². The Bertz CT molecular complexity index is 500. The van der Waals surface area contributed by atoms with Gasteiger partial charge >= 0.3 is 0 Å². The number of phenolic OH excluding ortho intramolecular Hbond substituents is 2. The summed E-state index contributed by atoms with van der Waals surface area (Å²) in [5, 5.41) is 18.1. The third kappa shape index (κ3) is 3.75. The third-order valence-electron chi connectivity index (χ3n) is 2.22. The van der Waals surface area contributed by atoms with Crippen molar-refractivity contribution in [3.63, 3.8) is 0 Å². The minimum Gasteiger partial charge on any atom is -0.508 e. The summed E-state index contributed by atoms with van der Waals surface area (Å²) in [5.41, 5.74) is 12.4. The molecule has 0 amide bonds. The fourth-order valence-corrected chi connectivity index (χ4v) is 1.41. The quantitative estimate of drug-likeness (QED) is 0.552. The fraction of sp³-hybridized carbons (Fsp3) is 0.0769. The van der Waals surface area contributed by atoms with Crippen LogP contribution in [0.3, 0.4) is 0 Å². The molecule has 0 radical (unpaired) electrons. The van der Waals surface area contributed by atoms with Crippen molar-refractivity contribution in [2.24, 2.45) is 0 Å². The van der Waals surface area contributed by atoms with Gasteiger partial charge in [-0.05, 0) is 30.7 Å². The van der Waals surface area contributed by atoms with Gasteiger partial charge in [-0.1, -0.05) is 23.7 Å². The fourth-order valence-electron chi connectivity index (χ4n) is 1.20. The van der Waals surface area contributed by atoms with Gasteiger partial charge in [-0.15, -0.1) is 0 Å². The lowest BCUT2D eigenvalue weighted by Gasteiger charge is -2.02. The van der Waals surface area contributed by atoms with Crippen LogP contribution in [-0.4, -0.2) is 10.2 Å². The van der Waals surface area contributed by atoms with Gasteiger partial charge in [0.05, 0.1) is 5.69 Å². The number of rotatable bonds is 0. The smallest absolute Gasteiger partial charge is 0.139 e. The summed E-state index contributed by atoms with van der Waals surface area (Å²) in [4.78, 5) is 0. The Kier molecular flexibility index (Phi) is 4.68. The van der Waals surface area contributed by atoms with Crippen LogP contribution < -0.4 is 11.5 Å². The average molecular weight is 267 g/mol. The summed E-state index contributed by atoms with van der Waals surface area (Å²) in [5.74, 6) is 0.284. The van der Waals surface area contributed by atoms with Crippen molar-refractivity contribution in [1.82, 2.24) is 0 Å². The Morgan fingerprint density at radius 1 is 1.06 bits per heavy atom. The third-order valence-corrected chi connectivity index (χ3v) is 2.62. The monoisotopic (exact) mass is 266 g/mol. The van der Waals surface area contributed by atoms with Gasteiger partial charge in [-0.25, -0.2) is 0 Å². The summed E-state index contributed by atoms with van der Waals surface area (Å²) in [7, 11) is 0. The van der Waals surface area contributed by atoms with Gasteiger partial charge in [0.25, 0.3) is 0 Å². The van der Waals surface area contributed by atoms with Crippen LogP contribution in [0.15, 0.2) is 36.4 Å². The molecule has 0 unspecified atom stereocenters. The van der Waals surface area contributed by atoms with E-state index in [1.54, 1.807) is 37.3 Å². The van der Waals surface area contributed by atoms with Crippen molar-refractivity contribution in [2.75, 3.05) is 11.5 Å². The number of aryl methyl sites for hydroxylation is 1. The molecule has 0 aliphatic heterocycles. The highest BCUT2D eigenvalue weighted by Crippen LogP contribution is 2.31. The Labute approximate surface area is 110 Å². The number of hydrogen-bond acceptors (Lipinski definition) is 4. The minimum atomic E-state index is 0.0710. The van der Waals surface area contributed by atoms with Gasteiger partial charge in [0.2, 0.25) is 0 Å². The molecule has 0 aliphatic rings. The molecular weight excluding hydrogens is 252 g/mol. The van der Waals surface area contributed by atoms with E-state index in [1.807, 2.05) is 0 Å². The summed E-state index contributed by atoms with van der Waals surface area (Å²) in [6.07, 6.45) is 0. The molecule has 2 rings (SSSR count). The second kappa shape index (κ2) is 6.02. The van der Waals surface area contributed by atoms with Crippen molar-refractivity contribution in [3.05, 3.63) is 47.0 Å². The van der Waals surface area contributed by atoms with Crippen molar-refractivity contribution >= 4 is 23.0 Å². The highest BCUT2D eigenvalue weighted by atomic mass is 35.5. The summed E-state index contributed by atoms with van der Waals surface area (Å²) < 4.78 is 0. The molecule has 18 heavy (non-hydrogen) atoms. The van der Waals surface area contributed by atoms with E-state index in [0.29, 0.717) is 11.4 Å². The van der Waals surface area contributed by atoms with E-state index in [9.17, 15) is 5.11 Å². The summed E-state index contributed by atoms with van der Waals surface area (Å²) >= 11 is 5.61. The number of nitrogens with two attached hydrogens (primary N) is 2. The number of hydrogen-bond donors (Lipinski definition) is 4. The van der Waals surface area contributed by atoms with Crippen LogP contribution in [0.1, 0.15) is 5.56 Å². The molecule has 96 valence electrons.